The van der Waals surface area contributed by atoms with Gasteiger partial charge in [0.05, 0.1) is 0 Å². The molecule has 0 atom stereocenters. The summed E-state index contributed by atoms with van der Waals surface area (Å²) >= 11 is 1.57. The van der Waals surface area contributed by atoms with Gasteiger partial charge in [0.25, 0.3) is 11.7 Å². The second-order valence-electron chi connectivity index (χ2n) is 6.15. The van der Waals surface area contributed by atoms with Crippen LogP contribution in [0, 0.1) is 13.8 Å². The van der Waals surface area contributed by atoms with Crippen LogP contribution in [0.5, 0.6) is 0 Å². The number of rotatable bonds is 4. The van der Waals surface area contributed by atoms with Crippen molar-refractivity contribution in [3.63, 3.8) is 0 Å². The molecule has 0 spiro atoms. The molecule has 0 aliphatic rings. The van der Waals surface area contributed by atoms with Crippen molar-refractivity contribution in [1.82, 2.24) is 19.6 Å². The van der Waals surface area contributed by atoms with E-state index in [0.717, 1.165) is 26.9 Å². The Hall–Kier alpha value is -3.19. The molecule has 2 aromatic carbocycles. The van der Waals surface area contributed by atoms with Gasteiger partial charge in [0.1, 0.15) is 11.4 Å². The van der Waals surface area contributed by atoms with Crippen molar-refractivity contribution < 1.29 is 4.79 Å². The third kappa shape index (κ3) is 3.83. The Labute approximate surface area is 160 Å². The number of nitrogens with one attached hydrogen (secondary N) is 1. The monoisotopic (exact) mass is 375 g/mol. The molecule has 0 unspecified atom stereocenters. The normalized spacial score (nSPS) is 10.9. The molecular formula is C20H17N5OS. The maximum Gasteiger partial charge on any atom is 0.255 e. The molecule has 2 aromatic heterocycles. The van der Waals surface area contributed by atoms with Gasteiger partial charge in [-0.1, -0.05) is 29.5 Å². The van der Waals surface area contributed by atoms with Gasteiger partial charge in [-0.25, -0.2) is 4.98 Å². The van der Waals surface area contributed by atoms with Crippen molar-refractivity contribution in [2.75, 3.05) is 5.32 Å². The highest BCUT2D eigenvalue weighted by atomic mass is 32.2. The minimum absolute atomic E-state index is 0.121. The van der Waals surface area contributed by atoms with Crippen LogP contribution in [-0.2, 0) is 0 Å². The molecule has 0 saturated carbocycles. The summed E-state index contributed by atoms with van der Waals surface area (Å²) in [4.78, 5) is 21.8. The lowest BCUT2D eigenvalue weighted by Crippen LogP contribution is -2.11. The fourth-order valence-electron chi connectivity index (χ4n) is 2.60. The highest BCUT2D eigenvalue weighted by molar-refractivity contribution is 7.99. The van der Waals surface area contributed by atoms with E-state index < -0.39 is 0 Å². The zero-order valence-corrected chi connectivity index (χ0v) is 15.7. The smallest absolute Gasteiger partial charge is 0.255 e. The van der Waals surface area contributed by atoms with Crippen LogP contribution in [0.15, 0.2) is 70.8 Å². The van der Waals surface area contributed by atoms with Crippen LogP contribution >= 0.6 is 11.8 Å². The SMILES string of the molecule is Cc1ccc(C(=O)Nc2ccc(Sc3cc(C)nc4ncnn34)cc2)cc1. The van der Waals surface area contributed by atoms with Crippen molar-refractivity contribution in [3.8, 4) is 0 Å². The van der Waals surface area contributed by atoms with Gasteiger partial charge in [0.15, 0.2) is 0 Å². The van der Waals surface area contributed by atoms with Gasteiger partial charge in [-0.2, -0.15) is 14.6 Å². The summed E-state index contributed by atoms with van der Waals surface area (Å²) < 4.78 is 1.71. The van der Waals surface area contributed by atoms with Gasteiger partial charge in [0, 0.05) is 21.8 Å². The number of aryl methyl sites for hydroxylation is 2. The van der Waals surface area contributed by atoms with Gasteiger partial charge in [-0.3, -0.25) is 4.79 Å². The van der Waals surface area contributed by atoms with Crippen LogP contribution in [0.4, 0.5) is 5.69 Å². The Kier molecular flexibility index (Phi) is 4.60. The first-order valence-corrected chi connectivity index (χ1v) is 9.23. The first-order valence-electron chi connectivity index (χ1n) is 8.42. The van der Waals surface area contributed by atoms with Crippen molar-refractivity contribution in [3.05, 3.63) is 77.7 Å². The summed E-state index contributed by atoms with van der Waals surface area (Å²) in [7, 11) is 0. The average Bonchev–Trinajstić information content (AvgIpc) is 3.12. The lowest BCUT2D eigenvalue weighted by molar-refractivity contribution is 0.102. The molecule has 2 heterocycles. The number of fused-ring (bicyclic) bond motifs is 1. The third-order valence-electron chi connectivity index (χ3n) is 4.00. The molecule has 0 aliphatic heterocycles. The van der Waals surface area contributed by atoms with E-state index in [-0.39, 0.29) is 5.91 Å². The average molecular weight is 375 g/mol. The zero-order valence-electron chi connectivity index (χ0n) is 14.9. The fraction of sp³-hybridized carbons (Fsp3) is 0.100. The maximum atomic E-state index is 12.3. The molecule has 1 N–H and O–H groups in total. The lowest BCUT2D eigenvalue weighted by Gasteiger charge is -2.08. The summed E-state index contributed by atoms with van der Waals surface area (Å²) in [5, 5.41) is 8.07. The number of hydrogen-bond acceptors (Lipinski definition) is 5. The number of carbonyl (C=O) groups is 1. The number of anilines is 1. The van der Waals surface area contributed by atoms with Crippen LogP contribution in [0.25, 0.3) is 5.78 Å². The van der Waals surface area contributed by atoms with Gasteiger partial charge < -0.3 is 5.32 Å². The minimum atomic E-state index is -0.121. The van der Waals surface area contributed by atoms with E-state index in [1.165, 1.54) is 6.33 Å². The lowest BCUT2D eigenvalue weighted by atomic mass is 10.1. The first-order chi connectivity index (χ1) is 13.1. The minimum Gasteiger partial charge on any atom is -0.322 e. The maximum absolute atomic E-state index is 12.3. The summed E-state index contributed by atoms with van der Waals surface area (Å²) in [6, 6.07) is 17.2. The topological polar surface area (TPSA) is 72.2 Å². The van der Waals surface area contributed by atoms with E-state index >= 15 is 0 Å². The van der Waals surface area contributed by atoms with E-state index in [4.69, 9.17) is 0 Å². The Morgan fingerprint density at radius 2 is 1.78 bits per heavy atom. The number of amides is 1. The van der Waals surface area contributed by atoms with Gasteiger partial charge in [-0.05, 0) is 56.3 Å². The highest BCUT2D eigenvalue weighted by Gasteiger charge is 2.09. The summed E-state index contributed by atoms with van der Waals surface area (Å²) in [5.41, 5.74) is 3.40. The van der Waals surface area contributed by atoms with Gasteiger partial charge in [-0.15, -0.1) is 0 Å². The Morgan fingerprint density at radius 1 is 1.04 bits per heavy atom. The molecule has 1 amide bonds. The second kappa shape index (κ2) is 7.20. The fourth-order valence-corrected chi connectivity index (χ4v) is 3.56. The predicted octanol–water partition coefficient (Wildman–Crippen LogP) is 4.14. The highest BCUT2D eigenvalue weighted by Crippen LogP contribution is 2.28. The molecule has 6 nitrogen and oxygen atoms in total. The van der Waals surface area contributed by atoms with E-state index in [9.17, 15) is 4.79 Å². The van der Waals surface area contributed by atoms with Gasteiger partial charge >= 0.3 is 0 Å². The molecule has 134 valence electrons. The van der Waals surface area contributed by atoms with Crippen molar-refractivity contribution in [1.29, 1.82) is 0 Å². The largest absolute Gasteiger partial charge is 0.322 e. The quantitative estimate of drug-likeness (QED) is 0.543. The Balaban J connectivity index is 1.49. The number of benzene rings is 2. The summed E-state index contributed by atoms with van der Waals surface area (Å²) in [5.74, 6) is 0.462. The molecule has 4 rings (SSSR count). The zero-order chi connectivity index (χ0) is 18.8. The molecule has 0 bridgehead atoms. The molecule has 0 radical (unpaired) electrons. The van der Waals surface area contributed by atoms with Crippen LogP contribution in [-0.4, -0.2) is 25.5 Å². The second-order valence-corrected chi connectivity index (χ2v) is 7.25. The van der Waals surface area contributed by atoms with Crippen LogP contribution in [0.3, 0.4) is 0 Å². The molecule has 0 fully saturated rings. The van der Waals surface area contributed by atoms with Crippen LogP contribution < -0.4 is 5.32 Å². The Morgan fingerprint density at radius 3 is 2.52 bits per heavy atom. The molecule has 4 aromatic rings. The first kappa shape index (κ1) is 17.2. The number of nitrogens with zero attached hydrogens (tertiary/aromatic N) is 4. The van der Waals surface area contributed by atoms with Crippen molar-refractivity contribution in [2.24, 2.45) is 0 Å². The standard InChI is InChI=1S/C20H17N5OS/c1-13-3-5-15(6-4-13)19(26)24-16-7-9-17(10-8-16)27-18-11-14(2)23-20-21-12-22-25(18)20/h3-12H,1-2H3,(H,24,26). The van der Waals surface area contributed by atoms with E-state index in [0.29, 0.717) is 11.3 Å². The predicted molar refractivity (Wildman–Crippen MR) is 105 cm³/mol. The van der Waals surface area contributed by atoms with Crippen molar-refractivity contribution >= 4 is 29.1 Å². The molecule has 27 heavy (non-hydrogen) atoms. The van der Waals surface area contributed by atoms with Crippen molar-refractivity contribution in [2.45, 2.75) is 23.8 Å². The van der Waals surface area contributed by atoms with Crippen LogP contribution in [0.2, 0.25) is 0 Å². The van der Waals surface area contributed by atoms with Gasteiger partial charge in [0.2, 0.25) is 0 Å². The number of carbonyl (C=O) groups excluding carboxylic acids is 1. The van der Waals surface area contributed by atoms with Crippen LogP contribution in [0.1, 0.15) is 21.6 Å². The van der Waals surface area contributed by atoms with E-state index in [1.54, 1.807) is 16.3 Å². The molecule has 0 saturated heterocycles. The van der Waals surface area contributed by atoms with E-state index in [1.807, 2.05) is 68.4 Å². The molecular weight excluding hydrogens is 358 g/mol. The third-order valence-corrected chi connectivity index (χ3v) is 5.00. The molecule has 0 aliphatic carbocycles. The number of aromatic nitrogens is 4. The van der Waals surface area contributed by atoms with E-state index in [2.05, 4.69) is 20.4 Å². The Bertz CT molecular complexity index is 1100. The summed E-state index contributed by atoms with van der Waals surface area (Å²) in [6.07, 6.45) is 1.50. The number of hydrogen-bond donors (Lipinski definition) is 1. The summed E-state index contributed by atoms with van der Waals surface area (Å²) in [6.45, 7) is 3.93. The molecule has 7 heteroatoms.